The van der Waals surface area contributed by atoms with Gasteiger partial charge in [-0.05, 0) is 25.7 Å². The lowest BCUT2D eigenvalue weighted by Gasteiger charge is -2.14. The molecule has 0 aliphatic heterocycles. The fourth-order valence-corrected chi connectivity index (χ4v) is 1.91. The second-order valence-electron chi connectivity index (χ2n) is 4.00. The van der Waals surface area contributed by atoms with E-state index in [1.165, 1.54) is 19.0 Å². The summed E-state index contributed by atoms with van der Waals surface area (Å²) in [4.78, 5) is 11.5. The van der Waals surface area contributed by atoms with Crippen LogP contribution in [0.1, 0.15) is 38.5 Å². The minimum absolute atomic E-state index is 0.0504. The van der Waals surface area contributed by atoms with Gasteiger partial charge in [0.25, 0.3) is 0 Å². The maximum atomic E-state index is 11.5. The number of nitrogens with one attached hydrogen (secondary N) is 2. The molecule has 1 saturated carbocycles. The van der Waals surface area contributed by atoms with E-state index in [2.05, 4.69) is 20.7 Å². The molecule has 16 heavy (non-hydrogen) atoms. The van der Waals surface area contributed by atoms with Gasteiger partial charge in [0.15, 0.2) is 5.82 Å². The number of anilines is 1. The molecule has 1 aromatic rings. The quantitative estimate of drug-likeness (QED) is 0.754. The second-order valence-corrected chi connectivity index (χ2v) is 4.00. The highest BCUT2D eigenvalue weighted by Crippen LogP contribution is 2.20. The molecule has 88 valence electrons. The van der Waals surface area contributed by atoms with Crippen molar-refractivity contribution in [1.29, 1.82) is 0 Å². The fraction of sp³-hybridized carbons (Fsp3) is 0.700. The van der Waals surface area contributed by atoms with Crippen LogP contribution in [0.15, 0.2) is 6.20 Å². The van der Waals surface area contributed by atoms with Crippen molar-refractivity contribution in [2.45, 2.75) is 44.6 Å². The monoisotopic (exact) mass is 224 g/mol. The summed E-state index contributed by atoms with van der Waals surface area (Å²) in [6.07, 6.45) is 7.81. The summed E-state index contributed by atoms with van der Waals surface area (Å²) in [5.41, 5.74) is 0. The third-order valence-electron chi connectivity index (χ3n) is 2.72. The summed E-state index contributed by atoms with van der Waals surface area (Å²) in [6, 6.07) is 0. The standard InChI is InChI=1S/C10H16N4O2/c15-10(12-9-7-11-14-13-9)16-8-5-3-1-2-4-6-8/h7-8H,1-6H2,(H2,11,12,13,14,15). The molecule has 1 fully saturated rings. The molecular formula is C10H16N4O2. The van der Waals surface area contributed by atoms with Crippen LogP contribution < -0.4 is 5.32 Å². The molecule has 1 aliphatic carbocycles. The lowest BCUT2D eigenvalue weighted by Crippen LogP contribution is -2.22. The first kappa shape index (κ1) is 10.9. The van der Waals surface area contributed by atoms with Crippen LogP contribution in [0.2, 0.25) is 0 Å². The van der Waals surface area contributed by atoms with Gasteiger partial charge in [-0.1, -0.05) is 18.1 Å². The van der Waals surface area contributed by atoms with E-state index >= 15 is 0 Å². The van der Waals surface area contributed by atoms with Crippen LogP contribution in [0.25, 0.3) is 0 Å². The van der Waals surface area contributed by atoms with Gasteiger partial charge in [-0.2, -0.15) is 0 Å². The summed E-state index contributed by atoms with van der Waals surface area (Å²) >= 11 is 0. The average molecular weight is 224 g/mol. The minimum atomic E-state index is -0.444. The van der Waals surface area contributed by atoms with Gasteiger partial charge >= 0.3 is 6.09 Å². The molecule has 0 bridgehead atoms. The number of carbonyl (C=O) groups excluding carboxylic acids is 1. The molecule has 1 heterocycles. The highest BCUT2D eigenvalue weighted by molar-refractivity contribution is 5.83. The number of carbonyl (C=O) groups is 1. The maximum absolute atomic E-state index is 11.5. The van der Waals surface area contributed by atoms with Crippen LogP contribution in [0.4, 0.5) is 10.6 Å². The predicted octanol–water partition coefficient (Wildman–Crippen LogP) is 2.08. The topological polar surface area (TPSA) is 79.9 Å². The van der Waals surface area contributed by atoms with Gasteiger partial charge in [-0.15, -0.1) is 5.10 Å². The maximum Gasteiger partial charge on any atom is 0.413 e. The number of ether oxygens (including phenoxy) is 1. The second kappa shape index (κ2) is 5.48. The molecule has 1 aromatic heterocycles. The molecule has 2 N–H and O–H groups in total. The van der Waals surface area contributed by atoms with Crippen LogP contribution in [0.3, 0.4) is 0 Å². The number of hydrogen-bond acceptors (Lipinski definition) is 4. The largest absolute Gasteiger partial charge is 0.446 e. The first-order valence-electron chi connectivity index (χ1n) is 5.69. The molecule has 0 unspecified atom stereocenters. The normalized spacial score (nSPS) is 17.8. The van der Waals surface area contributed by atoms with Crippen LogP contribution >= 0.6 is 0 Å². The van der Waals surface area contributed by atoms with E-state index in [1.54, 1.807) is 0 Å². The van der Waals surface area contributed by atoms with Crippen molar-refractivity contribution in [1.82, 2.24) is 15.4 Å². The van der Waals surface area contributed by atoms with Crippen molar-refractivity contribution in [2.75, 3.05) is 5.32 Å². The molecule has 1 aliphatic rings. The molecule has 0 aromatic carbocycles. The molecule has 6 nitrogen and oxygen atoms in total. The first-order chi connectivity index (χ1) is 7.84. The Labute approximate surface area is 93.8 Å². The van der Waals surface area contributed by atoms with Gasteiger partial charge in [-0.25, -0.2) is 4.79 Å². The van der Waals surface area contributed by atoms with E-state index in [4.69, 9.17) is 4.74 Å². The third-order valence-corrected chi connectivity index (χ3v) is 2.72. The van der Waals surface area contributed by atoms with Crippen molar-refractivity contribution >= 4 is 11.9 Å². The zero-order chi connectivity index (χ0) is 11.2. The van der Waals surface area contributed by atoms with Gasteiger partial charge < -0.3 is 4.74 Å². The highest BCUT2D eigenvalue weighted by atomic mass is 16.6. The zero-order valence-electron chi connectivity index (χ0n) is 9.11. The van der Waals surface area contributed by atoms with Gasteiger partial charge in [0, 0.05) is 0 Å². The predicted molar refractivity (Wildman–Crippen MR) is 58.0 cm³/mol. The van der Waals surface area contributed by atoms with Crippen LogP contribution in [-0.2, 0) is 4.74 Å². The lowest BCUT2D eigenvalue weighted by atomic mass is 10.2. The van der Waals surface area contributed by atoms with E-state index in [9.17, 15) is 4.79 Å². The van der Waals surface area contributed by atoms with E-state index in [1.807, 2.05) is 0 Å². The van der Waals surface area contributed by atoms with Crippen LogP contribution in [0, 0.1) is 0 Å². The van der Waals surface area contributed by atoms with Crippen molar-refractivity contribution < 1.29 is 9.53 Å². The Bertz CT molecular complexity index is 318. The van der Waals surface area contributed by atoms with Crippen molar-refractivity contribution in [3.05, 3.63) is 6.20 Å². The van der Waals surface area contributed by atoms with Crippen LogP contribution in [0.5, 0.6) is 0 Å². The summed E-state index contributed by atoms with van der Waals surface area (Å²) in [6.45, 7) is 0. The summed E-state index contributed by atoms with van der Waals surface area (Å²) in [5.74, 6) is 0.388. The van der Waals surface area contributed by atoms with Crippen molar-refractivity contribution in [3.63, 3.8) is 0 Å². The van der Waals surface area contributed by atoms with Gasteiger partial charge in [0.1, 0.15) is 6.10 Å². The van der Waals surface area contributed by atoms with E-state index in [0.29, 0.717) is 5.82 Å². The zero-order valence-corrected chi connectivity index (χ0v) is 9.11. The van der Waals surface area contributed by atoms with E-state index < -0.39 is 6.09 Å². The highest BCUT2D eigenvalue weighted by Gasteiger charge is 2.16. The Morgan fingerprint density at radius 3 is 2.75 bits per heavy atom. The number of hydrogen-bond donors (Lipinski definition) is 2. The third kappa shape index (κ3) is 3.22. The molecule has 1 amide bonds. The number of amides is 1. The van der Waals surface area contributed by atoms with Crippen LogP contribution in [-0.4, -0.2) is 27.6 Å². The minimum Gasteiger partial charge on any atom is -0.446 e. The lowest BCUT2D eigenvalue weighted by molar-refractivity contribution is 0.101. The Morgan fingerprint density at radius 1 is 1.38 bits per heavy atom. The molecule has 0 atom stereocenters. The number of aromatic amines is 1. The van der Waals surface area contributed by atoms with Crippen molar-refractivity contribution in [2.24, 2.45) is 0 Å². The van der Waals surface area contributed by atoms with E-state index in [-0.39, 0.29) is 6.10 Å². The average Bonchev–Trinajstić information content (AvgIpc) is 2.62. The first-order valence-corrected chi connectivity index (χ1v) is 5.69. The molecule has 0 spiro atoms. The van der Waals surface area contributed by atoms with E-state index in [0.717, 1.165) is 25.7 Å². The summed E-state index contributed by atoms with van der Waals surface area (Å²) in [5, 5.41) is 12.2. The fourth-order valence-electron chi connectivity index (χ4n) is 1.91. The molecule has 2 rings (SSSR count). The summed E-state index contributed by atoms with van der Waals surface area (Å²) < 4.78 is 5.31. The van der Waals surface area contributed by atoms with Gasteiger partial charge in [0.2, 0.25) is 0 Å². The Morgan fingerprint density at radius 2 is 2.12 bits per heavy atom. The molecule has 0 saturated heterocycles. The number of aromatic nitrogens is 3. The SMILES string of the molecule is O=C(Nc1c[nH]nn1)OC1CCCCCC1. The van der Waals surface area contributed by atoms with Crippen molar-refractivity contribution in [3.8, 4) is 0 Å². The Kier molecular flexibility index (Phi) is 3.74. The molecule has 6 heteroatoms. The van der Waals surface area contributed by atoms with Gasteiger partial charge in [0.05, 0.1) is 6.20 Å². The Hall–Kier alpha value is -1.59. The number of H-pyrrole nitrogens is 1. The number of nitrogens with zero attached hydrogens (tertiary/aromatic N) is 2. The van der Waals surface area contributed by atoms with Gasteiger partial charge in [-0.3, -0.25) is 10.4 Å². The smallest absolute Gasteiger partial charge is 0.413 e. The molecular weight excluding hydrogens is 208 g/mol. The Balaban J connectivity index is 1.77. The summed E-state index contributed by atoms with van der Waals surface area (Å²) in [7, 11) is 0. The number of rotatable bonds is 2. The molecule has 0 radical (unpaired) electrons.